The van der Waals surface area contributed by atoms with Gasteiger partial charge in [0.15, 0.2) is 0 Å². The van der Waals surface area contributed by atoms with Crippen LogP contribution in [0.3, 0.4) is 0 Å². The predicted octanol–water partition coefficient (Wildman–Crippen LogP) is 6.01. The average molecular weight is 417 g/mol. The van der Waals surface area contributed by atoms with Crippen molar-refractivity contribution in [3.8, 4) is 0 Å². The molecule has 30 heavy (non-hydrogen) atoms. The van der Waals surface area contributed by atoms with E-state index in [-0.39, 0.29) is 5.91 Å². The van der Waals surface area contributed by atoms with Crippen molar-refractivity contribution in [1.29, 1.82) is 0 Å². The number of benzene rings is 2. The van der Waals surface area contributed by atoms with Crippen molar-refractivity contribution in [1.82, 2.24) is 9.88 Å². The lowest BCUT2D eigenvalue weighted by atomic mass is 9.89. The van der Waals surface area contributed by atoms with Crippen molar-refractivity contribution in [2.45, 2.75) is 43.3 Å². The van der Waals surface area contributed by atoms with Crippen LogP contribution in [0, 0.1) is 13.8 Å². The molecule has 0 atom stereocenters. The van der Waals surface area contributed by atoms with E-state index in [1.165, 1.54) is 21.6 Å². The van der Waals surface area contributed by atoms with Crippen molar-refractivity contribution in [3.05, 3.63) is 94.8 Å². The average Bonchev–Trinajstić information content (AvgIpc) is 2.79. The van der Waals surface area contributed by atoms with E-state index in [0.29, 0.717) is 11.6 Å². The van der Waals surface area contributed by atoms with Gasteiger partial charge in [-0.25, -0.2) is 4.98 Å². The number of thioether (sulfide) groups is 1. The van der Waals surface area contributed by atoms with Crippen LogP contribution >= 0.6 is 11.8 Å². The van der Waals surface area contributed by atoms with Crippen molar-refractivity contribution in [2.24, 2.45) is 0 Å². The minimum atomic E-state index is 0.0560. The zero-order valence-corrected chi connectivity index (χ0v) is 18.5. The van der Waals surface area contributed by atoms with Crippen LogP contribution in [0.4, 0.5) is 0 Å². The van der Waals surface area contributed by atoms with Gasteiger partial charge in [0.1, 0.15) is 5.69 Å². The largest absolute Gasteiger partial charge is 0.337 e. The third-order valence-electron chi connectivity index (χ3n) is 5.85. The number of likely N-dealkylation sites (tertiary alicyclic amines) is 1. The van der Waals surface area contributed by atoms with Gasteiger partial charge in [0, 0.05) is 23.7 Å². The third-order valence-corrected chi connectivity index (χ3v) is 7.22. The number of carbonyl (C=O) groups excluding carboxylic acids is 1. The Balaban J connectivity index is 1.38. The van der Waals surface area contributed by atoms with E-state index < -0.39 is 0 Å². The first kappa shape index (κ1) is 20.7. The second-order valence-electron chi connectivity index (χ2n) is 8.00. The highest BCUT2D eigenvalue weighted by atomic mass is 32.2. The fraction of sp³-hybridized carbons (Fsp3) is 0.308. The fourth-order valence-corrected chi connectivity index (χ4v) is 5.20. The topological polar surface area (TPSA) is 33.2 Å². The number of amides is 1. The monoisotopic (exact) mass is 416 g/mol. The lowest BCUT2D eigenvalue weighted by molar-refractivity contribution is 0.0707. The molecule has 1 fully saturated rings. The standard InChI is InChI=1S/C26H28N2OS/c1-19-8-6-9-20(2)25(19)30-18-23-12-7-13-24(27-23)26(29)28-16-14-22(15-17-28)21-10-4-3-5-11-21/h3-13,22H,14-18H2,1-2H3. The Kier molecular flexibility index (Phi) is 6.53. The minimum absolute atomic E-state index is 0.0560. The van der Waals surface area contributed by atoms with Gasteiger partial charge in [-0.1, -0.05) is 54.6 Å². The quantitative estimate of drug-likeness (QED) is 0.478. The number of piperidine rings is 1. The maximum absolute atomic E-state index is 13.0. The Morgan fingerprint density at radius 3 is 2.30 bits per heavy atom. The zero-order valence-electron chi connectivity index (χ0n) is 17.7. The van der Waals surface area contributed by atoms with Gasteiger partial charge in [0.25, 0.3) is 5.91 Å². The summed E-state index contributed by atoms with van der Waals surface area (Å²) in [5.41, 5.74) is 5.47. The molecule has 0 aliphatic carbocycles. The first-order chi connectivity index (χ1) is 14.6. The van der Waals surface area contributed by atoms with Crippen LogP contribution in [0.15, 0.2) is 71.6 Å². The van der Waals surface area contributed by atoms with Gasteiger partial charge in [0.05, 0.1) is 5.69 Å². The van der Waals surface area contributed by atoms with E-state index in [4.69, 9.17) is 0 Å². The Morgan fingerprint density at radius 1 is 0.933 bits per heavy atom. The normalized spacial score (nSPS) is 14.7. The van der Waals surface area contributed by atoms with E-state index in [1.807, 2.05) is 23.1 Å². The Morgan fingerprint density at radius 2 is 1.60 bits per heavy atom. The number of aryl methyl sites for hydroxylation is 2. The van der Waals surface area contributed by atoms with Crippen LogP contribution in [-0.4, -0.2) is 28.9 Å². The van der Waals surface area contributed by atoms with E-state index in [1.54, 1.807) is 11.8 Å². The van der Waals surface area contributed by atoms with E-state index in [2.05, 4.69) is 67.4 Å². The SMILES string of the molecule is Cc1cccc(C)c1SCc1cccc(C(=O)N2CCC(c3ccccc3)CC2)n1. The first-order valence-electron chi connectivity index (χ1n) is 10.6. The number of rotatable bonds is 5. The molecule has 1 aromatic heterocycles. The van der Waals surface area contributed by atoms with Gasteiger partial charge in [-0.15, -0.1) is 11.8 Å². The zero-order chi connectivity index (χ0) is 20.9. The van der Waals surface area contributed by atoms with Crippen LogP contribution in [0.5, 0.6) is 0 Å². The molecule has 1 aliphatic rings. The first-order valence-corrected chi connectivity index (χ1v) is 11.6. The molecule has 1 saturated heterocycles. The molecule has 154 valence electrons. The van der Waals surface area contributed by atoms with Crippen LogP contribution < -0.4 is 0 Å². The molecule has 3 nitrogen and oxygen atoms in total. The lowest BCUT2D eigenvalue weighted by Crippen LogP contribution is -2.38. The molecule has 0 spiro atoms. The summed E-state index contributed by atoms with van der Waals surface area (Å²) in [5, 5.41) is 0. The molecule has 4 heteroatoms. The summed E-state index contributed by atoms with van der Waals surface area (Å²) in [7, 11) is 0. The lowest BCUT2D eigenvalue weighted by Gasteiger charge is -2.32. The van der Waals surface area contributed by atoms with Gasteiger partial charge in [-0.2, -0.15) is 0 Å². The molecule has 1 aliphatic heterocycles. The third kappa shape index (κ3) is 4.76. The van der Waals surface area contributed by atoms with Crippen molar-refractivity contribution in [2.75, 3.05) is 13.1 Å². The molecule has 0 unspecified atom stereocenters. The minimum Gasteiger partial charge on any atom is -0.337 e. The highest BCUT2D eigenvalue weighted by Gasteiger charge is 2.25. The van der Waals surface area contributed by atoms with Gasteiger partial charge in [-0.3, -0.25) is 4.79 Å². The van der Waals surface area contributed by atoms with Crippen LogP contribution in [0.2, 0.25) is 0 Å². The number of aromatic nitrogens is 1. The molecule has 0 bridgehead atoms. The highest BCUT2D eigenvalue weighted by molar-refractivity contribution is 7.98. The molecule has 0 saturated carbocycles. The summed E-state index contributed by atoms with van der Waals surface area (Å²) in [4.78, 5) is 21.0. The summed E-state index contributed by atoms with van der Waals surface area (Å²) in [6.45, 7) is 5.87. The van der Waals surface area contributed by atoms with Gasteiger partial charge in [-0.05, 0) is 61.4 Å². The number of carbonyl (C=O) groups is 1. The molecule has 2 heterocycles. The molecular formula is C26H28N2OS. The molecular weight excluding hydrogens is 388 g/mol. The van der Waals surface area contributed by atoms with Gasteiger partial charge in [0.2, 0.25) is 0 Å². The number of hydrogen-bond acceptors (Lipinski definition) is 3. The molecule has 3 aromatic rings. The second kappa shape index (κ2) is 9.48. The maximum atomic E-state index is 13.0. The summed E-state index contributed by atoms with van der Waals surface area (Å²) >= 11 is 1.79. The highest BCUT2D eigenvalue weighted by Crippen LogP contribution is 2.30. The van der Waals surface area contributed by atoms with Crippen LogP contribution in [0.25, 0.3) is 0 Å². The summed E-state index contributed by atoms with van der Waals surface area (Å²) in [5.74, 6) is 1.37. The number of hydrogen-bond donors (Lipinski definition) is 0. The van der Waals surface area contributed by atoms with Crippen LogP contribution in [-0.2, 0) is 5.75 Å². The second-order valence-corrected chi connectivity index (χ2v) is 8.99. The fourth-order valence-electron chi connectivity index (χ4n) is 4.16. The van der Waals surface area contributed by atoms with E-state index in [9.17, 15) is 4.79 Å². The molecule has 1 amide bonds. The van der Waals surface area contributed by atoms with Gasteiger partial charge >= 0.3 is 0 Å². The maximum Gasteiger partial charge on any atom is 0.272 e. The van der Waals surface area contributed by atoms with Crippen molar-refractivity contribution >= 4 is 17.7 Å². The molecule has 0 N–H and O–H groups in total. The smallest absolute Gasteiger partial charge is 0.272 e. The summed E-state index contributed by atoms with van der Waals surface area (Å²) in [6, 6.07) is 22.8. The molecule has 4 rings (SSSR count). The Bertz CT molecular complexity index is 990. The molecule has 2 aromatic carbocycles. The predicted molar refractivity (Wildman–Crippen MR) is 124 cm³/mol. The Labute approximate surface area is 183 Å². The number of nitrogens with zero attached hydrogens (tertiary/aromatic N) is 2. The molecule has 0 radical (unpaired) electrons. The summed E-state index contributed by atoms with van der Waals surface area (Å²) in [6.07, 6.45) is 2.02. The number of pyridine rings is 1. The van der Waals surface area contributed by atoms with Crippen molar-refractivity contribution < 1.29 is 4.79 Å². The van der Waals surface area contributed by atoms with Gasteiger partial charge < -0.3 is 4.90 Å². The Hall–Kier alpha value is -2.59. The van der Waals surface area contributed by atoms with E-state index in [0.717, 1.165) is 37.4 Å². The van der Waals surface area contributed by atoms with Crippen molar-refractivity contribution in [3.63, 3.8) is 0 Å². The summed E-state index contributed by atoms with van der Waals surface area (Å²) < 4.78 is 0. The van der Waals surface area contributed by atoms with E-state index >= 15 is 0 Å². The van der Waals surface area contributed by atoms with Crippen LogP contribution in [0.1, 0.15) is 51.6 Å².